The zero-order valence-electron chi connectivity index (χ0n) is 14.6. The fourth-order valence-electron chi connectivity index (χ4n) is 3.69. The van der Waals surface area contributed by atoms with Crippen molar-refractivity contribution in [2.45, 2.75) is 38.0 Å². The van der Waals surface area contributed by atoms with Crippen molar-refractivity contribution in [1.29, 1.82) is 0 Å². The molecule has 0 aromatic carbocycles. The van der Waals surface area contributed by atoms with Crippen molar-refractivity contribution in [3.63, 3.8) is 0 Å². The van der Waals surface area contributed by atoms with E-state index in [0.29, 0.717) is 12.7 Å². The molecule has 0 amide bonds. The van der Waals surface area contributed by atoms with E-state index in [-0.39, 0.29) is 5.60 Å². The molecule has 5 heteroatoms. The Morgan fingerprint density at radius 2 is 2.26 bits per heavy atom. The van der Waals surface area contributed by atoms with E-state index in [2.05, 4.69) is 41.0 Å². The number of nitrogens with zero attached hydrogens (tertiary/aromatic N) is 3. The molecule has 3 heterocycles. The summed E-state index contributed by atoms with van der Waals surface area (Å²) in [6, 6.07) is 6.24. The molecule has 1 aromatic heterocycles. The van der Waals surface area contributed by atoms with Crippen LogP contribution in [0.15, 0.2) is 18.2 Å². The maximum Gasteiger partial charge on any atom is 0.105 e. The lowest BCUT2D eigenvalue weighted by Crippen LogP contribution is -2.45. The zero-order valence-corrected chi connectivity index (χ0v) is 14.6. The van der Waals surface area contributed by atoms with Crippen molar-refractivity contribution in [1.82, 2.24) is 14.8 Å². The van der Waals surface area contributed by atoms with Crippen LogP contribution in [0, 0.1) is 6.92 Å². The lowest BCUT2D eigenvalue weighted by atomic mass is 10.00. The van der Waals surface area contributed by atoms with Crippen molar-refractivity contribution in [2.24, 2.45) is 0 Å². The fraction of sp³-hybridized carbons (Fsp3) is 0.722. The second-order valence-electron chi connectivity index (χ2n) is 7.26. The fourth-order valence-corrected chi connectivity index (χ4v) is 3.69. The van der Waals surface area contributed by atoms with E-state index in [1.165, 1.54) is 0 Å². The van der Waals surface area contributed by atoms with Crippen LogP contribution >= 0.6 is 0 Å². The van der Waals surface area contributed by atoms with Gasteiger partial charge >= 0.3 is 0 Å². The summed E-state index contributed by atoms with van der Waals surface area (Å²) in [5, 5.41) is 0. The molecule has 0 aliphatic carbocycles. The Balaban J connectivity index is 1.64. The molecule has 5 nitrogen and oxygen atoms in total. The molecule has 2 aliphatic rings. The normalized spacial score (nSPS) is 29.3. The Morgan fingerprint density at radius 3 is 3.04 bits per heavy atom. The smallest absolute Gasteiger partial charge is 0.105 e. The standard InChI is InChI=1S/C18H29N3O2/c1-15-5-4-6-16(19-15)11-21-9-10-22-14-18(13-21)8-7-17(23-18)12-20(2)3/h4-6,17H,7-14H2,1-3H3. The van der Waals surface area contributed by atoms with Crippen LogP contribution < -0.4 is 0 Å². The summed E-state index contributed by atoms with van der Waals surface area (Å²) in [5.74, 6) is 0. The summed E-state index contributed by atoms with van der Waals surface area (Å²) in [6.07, 6.45) is 2.53. The first kappa shape index (κ1) is 16.8. The average Bonchev–Trinajstić information content (AvgIpc) is 2.74. The Labute approximate surface area is 139 Å². The molecule has 23 heavy (non-hydrogen) atoms. The summed E-state index contributed by atoms with van der Waals surface area (Å²) in [7, 11) is 4.21. The van der Waals surface area contributed by atoms with Gasteiger partial charge in [-0.25, -0.2) is 0 Å². The van der Waals surface area contributed by atoms with Crippen molar-refractivity contribution in [3.8, 4) is 0 Å². The second kappa shape index (κ2) is 7.26. The first-order valence-corrected chi connectivity index (χ1v) is 8.60. The highest BCUT2D eigenvalue weighted by molar-refractivity contribution is 5.10. The van der Waals surface area contributed by atoms with Gasteiger partial charge < -0.3 is 14.4 Å². The first-order valence-electron chi connectivity index (χ1n) is 8.60. The van der Waals surface area contributed by atoms with E-state index in [0.717, 1.165) is 57.0 Å². The second-order valence-corrected chi connectivity index (χ2v) is 7.26. The van der Waals surface area contributed by atoms with E-state index >= 15 is 0 Å². The van der Waals surface area contributed by atoms with E-state index in [9.17, 15) is 0 Å². The molecule has 0 saturated carbocycles. The van der Waals surface area contributed by atoms with Gasteiger partial charge in [0.15, 0.2) is 0 Å². The molecule has 2 atom stereocenters. The molecule has 2 aliphatic heterocycles. The Hall–Kier alpha value is -1.01. The molecular formula is C18H29N3O2. The van der Waals surface area contributed by atoms with Crippen molar-refractivity contribution in [2.75, 3.05) is 46.9 Å². The van der Waals surface area contributed by atoms with Crippen molar-refractivity contribution >= 4 is 0 Å². The third-order valence-corrected chi connectivity index (χ3v) is 4.67. The summed E-state index contributed by atoms with van der Waals surface area (Å²) < 4.78 is 12.3. The molecule has 0 radical (unpaired) electrons. The zero-order chi connectivity index (χ0) is 16.3. The predicted octanol–water partition coefficient (Wildman–Crippen LogP) is 1.70. The minimum absolute atomic E-state index is 0.138. The monoisotopic (exact) mass is 319 g/mol. The van der Waals surface area contributed by atoms with Crippen LogP contribution in [0.25, 0.3) is 0 Å². The minimum Gasteiger partial charge on any atom is -0.377 e. The van der Waals surface area contributed by atoms with Crippen LogP contribution in [0.4, 0.5) is 0 Å². The van der Waals surface area contributed by atoms with Crippen LogP contribution in [-0.2, 0) is 16.0 Å². The van der Waals surface area contributed by atoms with Gasteiger partial charge in [0.2, 0.25) is 0 Å². The van der Waals surface area contributed by atoms with Gasteiger partial charge in [0.25, 0.3) is 0 Å². The molecule has 0 bridgehead atoms. The van der Waals surface area contributed by atoms with E-state index in [1.807, 2.05) is 13.0 Å². The lowest BCUT2D eigenvalue weighted by molar-refractivity contribution is -0.0902. The topological polar surface area (TPSA) is 37.8 Å². The van der Waals surface area contributed by atoms with Gasteiger partial charge in [-0.15, -0.1) is 0 Å². The molecule has 0 N–H and O–H groups in total. The summed E-state index contributed by atoms with van der Waals surface area (Å²) in [6.45, 7) is 7.27. The van der Waals surface area contributed by atoms with Crippen molar-refractivity contribution in [3.05, 3.63) is 29.6 Å². The largest absolute Gasteiger partial charge is 0.377 e. The maximum absolute atomic E-state index is 6.44. The van der Waals surface area contributed by atoms with Gasteiger partial charge in [-0.2, -0.15) is 0 Å². The molecule has 2 unspecified atom stereocenters. The maximum atomic E-state index is 6.44. The van der Waals surface area contributed by atoms with Gasteiger partial charge in [0, 0.05) is 31.9 Å². The number of hydrogen-bond donors (Lipinski definition) is 0. The summed E-state index contributed by atoms with van der Waals surface area (Å²) >= 11 is 0. The quantitative estimate of drug-likeness (QED) is 0.844. The third kappa shape index (κ3) is 4.51. The third-order valence-electron chi connectivity index (χ3n) is 4.67. The number of hydrogen-bond acceptors (Lipinski definition) is 5. The number of pyridine rings is 1. The number of aryl methyl sites for hydroxylation is 1. The SMILES string of the molecule is Cc1cccc(CN2CCOCC3(CCC(CN(C)C)O3)C2)n1. The Kier molecular flexibility index (Phi) is 5.31. The molecule has 1 spiro atoms. The van der Waals surface area contributed by atoms with Crippen LogP contribution in [-0.4, -0.2) is 73.4 Å². The molecule has 128 valence electrons. The number of aromatic nitrogens is 1. The molecular weight excluding hydrogens is 290 g/mol. The highest BCUT2D eigenvalue weighted by Gasteiger charge is 2.43. The van der Waals surface area contributed by atoms with Gasteiger partial charge in [0.1, 0.15) is 5.60 Å². The molecule has 2 fully saturated rings. The minimum atomic E-state index is -0.138. The highest BCUT2D eigenvalue weighted by Crippen LogP contribution is 2.33. The van der Waals surface area contributed by atoms with Crippen LogP contribution in [0.2, 0.25) is 0 Å². The lowest BCUT2D eigenvalue weighted by Gasteiger charge is -2.32. The van der Waals surface area contributed by atoms with E-state index in [4.69, 9.17) is 9.47 Å². The summed E-state index contributed by atoms with van der Waals surface area (Å²) in [5.41, 5.74) is 2.07. The molecule has 1 aromatic rings. The molecule has 3 rings (SSSR count). The number of rotatable bonds is 4. The Morgan fingerprint density at radius 1 is 1.39 bits per heavy atom. The van der Waals surface area contributed by atoms with Gasteiger partial charge in [-0.3, -0.25) is 9.88 Å². The van der Waals surface area contributed by atoms with Gasteiger partial charge in [-0.05, 0) is 46.0 Å². The highest BCUT2D eigenvalue weighted by atomic mass is 16.6. The van der Waals surface area contributed by atoms with Crippen LogP contribution in [0.1, 0.15) is 24.2 Å². The average molecular weight is 319 g/mol. The van der Waals surface area contributed by atoms with Crippen molar-refractivity contribution < 1.29 is 9.47 Å². The first-order chi connectivity index (χ1) is 11.0. The van der Waals surface area contributed by atoms with Gasteiger partial charge in [-0.1, -0.05) is 6.07 Å². The van der Waals surface area contributed by atoms with Gasteiger partial charge in [0.05, 0.1) is 25.0 Å². The Bertz CT molecular complexity index is 523. The number of ether oxygens (including phenoxy) is 2. The van der Waals surface area contributed by atoms with E-state index in [1.54, 1.807) is 0 Å². The van der Waals surface area contributed by atoms with Crippen LogP contribution in [0.5, 0.6) is 0 Å². The summed E-state index contributed by atoms with van der Waals surface area (Å²) in [4.78, 5) is 9.28. The molecule has 2 saturated heterocycles. The number of likely N-dealkylation sites (N-methyl/N-ethyl adjacent to an activating group) is 1. The van der Waals surface area contributed by atoms with E-state index < -0.39 is 0 Å². The predicted molar refractivity (Wildman–Crippen MR) is 90.5 cm³/mol. The van der Waals surface area contributed by atoms with Crippen LogP contribution in [0.3, 0.4) is 0 Å².